The van der Waals surface area contributed by atoms with E-state index < -0.39 is 6.61 Å². The first kappa shape index (κ1) is 21.5. The van der Waals surface area contributed by atoms with E-state index in [0.717, 1.165) is 43.1 Å². The maximum absolute atomic E-state index is 12.7. The fraction of sp³-hybridized carbons (Fsp3) is 0.455. The van der Waals surface area contributed by atoms with Crippen LogP contribution >= 0.6 is 0 Å². The topological polar surface area (TPSA) is 45.2 Å². The lowest BCUT2D eigenvalue weighted by molar-refractivity contribution is -0.0510. The highest BCUT2D eigenvalue weighted by molar-refractivity contribution is 5.33. The molecule has 1 heterocycles. The number of rotatable bonds is 9. The molecule has 0 amide bonds. The van der Waals surface area contributed by atoms with Crippen molar-refractivity contribution < 1.29 is 23.4 Å². The molecule has 29 heavy (non-hydrogen) atoms. The number of benzene rings is 2. The molecule has 3 rings (SSSR count). The van der Waals surface area contributed by atoms with Crippen LogP contribution in [0, 0.1) is 0 Å². The van der Waals surface area contributed by atoms with Gasteiger partial charge in [-0.15, -0.1) is 0 Å². The van der Waals surface area contributed by atoms with Crippen molar-refractivity contribution in [3.63, 3.8) is 0 Å². The number of aliphatic hydroxyl groups excluding tert-OH is 1. The molecule has 1 fully saturated rings. The molecule has 1 atom stereocenters. The second-order valence-electron chi connectivity index (χ2n) is 7.21. The first-order valence-corrected chi connectivity index (χ1v) is 9.82. The van der Waals surface area contributed by atoms with Gasteiger partial charge in [0.25, 0.3) is 0 Å². The number of aliphatic hydroxyl groups is 1. The molecule has 1 aliphatic heterocycles. The van der Waals surface area contributed by atoms with Crippen LogP contribution in [0.2, 0.25) is 0 Å². The largest absolute Gasteiger partial charge is 0.497 e. The third-order valence-corrected chi connectivity index (χ3v) is 5.25. The Morgan fingerprint density at radius 3 is 2.69 bits per heavy atom. The van der Waals surface area contributed by atoms with Crippen molar-refractivity contribution in [2.24, 2.45) is 0 Å². The lowest BCUT2D eigenvalue weighted by Crippen LogP contribution is -2.52. The molecule has 0 unspecified atom stereocenters. The molecule has 0 aromatic heterocycles. The van der Waals surface area contributed by atoms with Crippen molar-refractivity contribution in [1.29, 1.82) is 0 Å². The van der Waals surface area contributed by atoms with Gasteiger partial charge in [0.05, 0.1) is 7.11 Å². The Morgan fingerprint density at radius 2 is 1.93 bits per heavy atom. The van der Waals surface area contributed by atoms with Crippen LogP contribution in [0.5, 0.6) is 11.5 Å². The van der Waals surface area contributed by atoms with E-state index in [2.05, 4.69) is 20.6 Å². The Morgan fingerprint density at radius 1 is 1.10 bits per heavy atom. The number of nitrogens with zero attached hydrogens (tertiary/aromatic N) is 2. The molecule has 7 heteroatoms. The molecule has 0 spiro atoms. The molecular formula is C22H28F2N2O3. The predicted octanol–water partition coefficient (Wildman–Crippen LogP) is 3.37. The van der Waals surface area contributed by atoms with E-state index in [-0.39, 0.29) is 18.4 Å². The molecule has 1 N–H and O–H groups in total. The molecule has 1 saturated heterocycles. The molecule has 0 saturated carbocycles. The molecule has 0 radical (unpaired) electrons. The Labute approximate surface area is 170 Å². The highest BCUT2D eigenvalue weighted by Crippen LogP contribution is 2.25. The normalized spacial score (nSPS) is 18.2. The quantitative estimate of drug-likeness (QED) is 0.692. The zero-order valence-electron chi connectivity index (χ0n) is 16.6. The van der Waals surface area contributed by atoms with Crippen LogP contribution < -0.4 is 9.47 Å². The molecular weight excluding hydrogens is 378 g/mol. The van der Waals surface area contributed by atoms with Gasteiger partial charge >= 0.3 is 6.61 Å². The standard InChI is InChI=1S/C22H28F2N2O3/c1-28-20-7-4-5-17(13-20)14-26-11-10-25(16-19(26)9-12-27)15-18-6-2-3-8-21(18)29-22(23)24/h2-8,13,19,22,27H,9-12,14-16H2,1H3/t19-/m1/s1. The van der Waals surface area contributed by atoms with Gasteiger partial charge in [-0.05, 0) is 30.2 Å². The fourth-order valence-corrected chi connectivity index (χ4v) is 3.82. The van der Waals surface area contributed by atoms with Crippen molar-refractivity contribution in [2.75, 3.05) is 33.4 Å². The van der Waals surface area contributed by atoms with Crippen LogP contribution in [0.15, 0.2) is 48.5 Å². The van der Waals surface area contributed by atoms with Crippen LogP contribution in [0.1, 0.15) is 17.5 Å². The van der Waals surface area contributed by atoms with Gasteiger partial charge in [-0.25, -0.2) is 0 Å². The second-order valence-corrected chi connectivity index (χ2v) is 7.21. The third-order valence-electron chi connectivity index (χ3n) is 5.25. The van der Waals surface area contributed by atoms with Crippen LogP contribution in [0.25, 0.3) is 0 Å². The van der Waals surface area contributed by atoms with Gasteiger partial charge in [-0.2, -0.15) is 8.78 Å². The summed E-state index contributed by atoms with van der Waals surface area (Å²) in [5.74, 6) is 1.05. The van der Waals surface area contributed by atoms with E-state index in [0.29, 0.717) is 13.0 Å². The first-order chi connectivity index (χ1) is 14.1. The summed E-state index contributed by atoms with van der Waals surface area (Å²) in [5, 5.41) is 9.54. The van der Waals surface area contributed by atoms with Crippen molar-refractivity contribution >= 4 is 0 Å². The number of hydrogen-bond donors (Lipinski definition) is 1. The Hall–Kier alpha value is -2.22. The Bertz CT molecular complexity index is 775. The van der Waals surface area contributed by atoms with Crippen LogP contribution in [0.3, 0.4) is 0 Å². The minimum absolute atomic E-state index is 0.109. The molecule has 2 aromatic carbocycles. The van der Waals surface area contributed by atoms with Gasteiger partial charge in [-0.3, -0.25) is 9.80 Å². The van der Waals surface area contributed by atoms with E-state index in [9.17, 15) is 13.9 Å². The lowest BCUT2D eigenvalue weighted by Gasteiger charge is -2.41. The van der Waals surface area contributed by atoms with Gasteiger partial charge < -0.3 is 14.6 Å². The van der Waals surface area contributed by atoms with Crippen molar-refractivity contribution in [3.8, 4) is 11.5 Å². The molecule has 0 aliphatic carbocycles. The molecule has 5 nitrogen and oxygen atoms in total. The van der Waals surface area contributed by atoms with Gasteiger partial charge in [-0.1, -0.05) is 30.3 Å². The maximum Gasteiger partial charge on any atom is 0.387 e. The summed E-state index contributed by atoms with van der Waals surface area (Å²) in [4.78, 5) is 4.60. The molecule has 2 aromatic rings. The minimum Gasteiger partial charge on any atom is -0.497 e. The lowest BCUT2D eigenvalue weighted by atomic mass is 10.1. The van der Waals surface area contributed by atoms with Gasteiger partial charge in [0, 0.05) is 50.9 Å². The van der Waals surface area contributed by atoms with Crippen molar-refractivity contribution in [3.05, 3.63) is 59.7 Å². The minimum atomic E-state index is -2.84. The number of methoxy groups -OCH3 is 1. The van der Waals surface area contributed by atoms with Crippen LogP contribution in [-0.2, 0) is 13.1 Å². The summed E-state index contributed by atoms with van der Waals surface area (Å²) < 4.78 is 35.3. The number of piperazine rings is 1. The predicted molar refractivity (Wildman–Crippen MR) is 107 cm³/mol. The summed E-state index contributed by atoms with van der Waals surface area (Å²) >= 11 is 0. The number of ether oxygens (including phenoxy) is 2. The smallest absolute Gasteiger partial charge is 0.387 e. The zero-order chi connectivity index (χ0) is 20.6. The average Bonchev–Trinajstić information content (AvgIpc) is 2.71. The molecule has 158 valence electrons. The van der Waals surface area contributed by atoms with Gasteiger partial charge in [0.15, 0.2) is 0 Å². The highest BCUT2D eigenvalue weighted by atomic mass is 19.3. The van der Waals surface area contributed by atoms with Crippen molar-refractivity contribution in [2.45, 2.75) is 32.2 Å². The summed E-state index contributed by atoms with van der Waals surface area (Å²) in [5.41, 5.74) is 1.91. The highest BCUT2D eigenvalue weighted by Gasteiger charge is 2.27. The number of para-hydroxylation sites is 1. The Kier molecular flexibility index (Phi) is 7.80. The number of halogens is 2. The third kappa shape index (κ3) is 6.13. The first-order valence-electron chi connectivity index (χ1n) is 9.82. The van der Waals surface area contributed by atoms with Gasteiger partial charge in [0.2, 0.25) is 0 Å². The fourth-order valence-electron chi connectivity index (χ4n) is 3.82. The Balaban J connectivity index is 1.65. The maximum atomic E-state index is 12.7. The number of alkyl halides is 2. The monoisotopic (exact) mass is 406 g/mol. The summed E-state index contributed by atoms with van der Waals surface area (Å²) in [6.45, 7) is 0.997. The van der Waals surface area contributed by atoms with Crippen LogP contribution in [0.4, 0.5) is 8.78 Å². The summed E-state index contributed by atoms with van der Waals surface area (Å²) in [7, 11) is 1.65. The summed E-state index contributed by atoms with van der Waals surface area (Å²) in [6.07, 6.45) is 0.662. The van der Waals surface area contributed by atoms with Gasteiger partial charge in [0.1, 0.15) is 11.5 Å². The van der Waals surface area contributed by atoms with E-state index in [1.165, 1.54) is 0 Å². The summed E-state index contributed by atoms with van der Waals surface area (Å²) in [6, 6.07) is 15.1. The molecule has 0 bridgehead atoms. The van der Waals surface area contributed by atoms with E-state index in [1.54, 1.807) is 19.2 Å². The second kappa shape index (κ2) is 10.5. The van der Waals surface area contributed by atoms with E-state index in [4.69, 9.17) is 4.74 Å². The van der Waals surface area contributed by atoms with Crippen LogP contribution in [-0.4, -0.2) is 60.9 Å². The average molecular weight is 406 g/mol. The SMILES string of the molecule is COc1cccc(CN2CCN(Cc3ccccc3OC(F)F)C[C@H]2CCO)c1. The van der Waals surface area contributed by atoms with Crippen molar-refractivity contribution in [1.82, 2.24) is 9.80 Å². The number of hydrogen-bond acceptors (Lipinski definition) is 5. The molecule has 1 aliphatic rings. The van der Waals surface area contributed by atoms with E-state index in [1.807, 2.05) is 30.3 Å². The zero-order valence-corrected chi connectivity index (χ0v) is 16.6. The van der Waals surface area contributed by atoms with E-state index >= 15 is 0 Å².